The Hall–Kier alpha value is -9.54. The number of hydrogen-bond acceptors (Lipinski definition) is 2. The van der Waals surface area contributed by atoms with Crippen LogP contribution in [0.3, 0.4) is 0 Å². The zero-order valence-corrected chi connectivity index (χ0v) is 42.3. The summed E-state index contributed by atoms with van der Waals surface area (Å²) in [5, 5.41) is 5.15. The number of rotatable bonds is 9. The standard InChI is InChI=1S/C73H48N2S/c1-3-21-55(22-4-1)73(56-23-5-2-6-24-56)65-30-11-7-29-63(65)72-66(73)31-17-34-69(72)74(57-41-36-49(37-42-57)51-18-15-19-52(46-51)54-40-45-71-64(48-54)62-28-10-14-35-70(62)76-71)58-43-38-50(39-44-58)53-20-16-25-59(47-53)75-67-32-12-8-26-60(67)61-27-9-13-33-68(61)75/h1-48H. The van der Waals surface area contributed by atoms with E-state index in [2.05, 4.69) is 301 Å². The summed E-state index contributed by atoms with van der Waals surface area (Å²) in [6, 6.07) is 108. The van der Waals surface area contributed by atoms with Gasteiger partial charge >= 0.3 is 0 Å². The maximum atomic E-state index is 2.47. The Balaban J connectivity index is 0.869. The minimum Gasteiger partial charge on any atom is -0.310 e. The van der Waals surface area contributed by atoms with Crippen molar-refractivity contribution in [2.75, 3.05) is 4.90 Å². The van der Waals surface area contributed by atoms with E-state index >= 15 is 0 Å². The molecule has 1 aliphatic rings. The third-order valence-corrected chi connectivity index (χ3v) is 17.0. The molecule has 0 saturated heterocycles. The van der Waals surface area contributed by atoms with E-state index in [9.17, 15) is 0 Å². The van der Waals surface area contributed by atoms with E-state index in [1.807, 2.05) is 11.3 Å². The molecule has 0 atom stereocenters. The zero-order valence-electron chi connectivity index (χ0n) is 41.5. The highest BCUT2D eigenvalue weighted by molar-refractivity contribution is 7.25. The van der Waals surface area contributed by atoms with Crippen molar-refractivity contribution in [2.45, 2.75) is 5.41 Å². The van der Waals surface area contributed by atoms with Gasteiger partial charge in [0.15, 0.2) is 0 Å². The fraction of sp³-hybridized carbons (Fsp3) is 0.0137. The molecule has 76 heavy (non-hydrogen) atoms. The smallest absolute Gasteiger partial charge is 0.0714 e. The highest BCUT2D eigenvalue weighted by atomic mass is 32.1. The van der Waals surface area contributed by atoms with Crippen LogP contribution in [0.5, 0.6) is 0 Å². The van der Waals surface area contributed by atoms with Gasteiger partial charge in [-0.2, -0.15) is 0 Å². The van der Waals surface area contributed by atoms with Gasteiger partial charge in [0.25, 0.3) is 0 Å². The quantitative estimate of drug-likeness (QED) is 0.140. The lowest BCUT2D eigenvalue weighted by Gasteiger charge is -2.34. The first-order chi connectivity index (χ1) is 37.7. The average molecular weight is 985 g/mol. The van der Waals surface area contributed by atoms with Gasteiger partial charge in [-0.05, 0) is 140 Å². The second kappa shape index (κ2) is 17.8. The van der Waals surface area contributed by atoms with Crippen molar-refractivity contribution in [1.29, 1.82) is 0 Å². The summed E-state index contributed by atoms with van der Waals surface area (Å²) in [5.74, 6) is 0. The number of nitrogens with zero attached hydrogens (tertiary/aromatic N) is 2. The lowest BCUT2D eigenvalue weighted by atomic mass is 9.68. The topological polar surface area (TPSA) is 8.17 Å². The molecule has 2 nitrogen and oxygen atoms in total. The van der Waals surface area contributed by atoms with Crippen molar-refractivity contribution >= 4 is 70.4 Å². The highest BCUT2D eigenvalue weighted by Gasteiger charge is 2.47. The first-order valence-corrected chi connectivity index (χ1v) is 27.0. The van der Waals surface area contributed by atoms with Crippen LogP contribution >= 0.6 is 11.3 Å². The fourth-order valence-electron chi connectivity index (χ4n) is 12.5. The van der Waals surface area contributed by atoms with Crippen LogP contribution in [-0.2, 0) is 5.41 Å². The molecule has 0 unspecified atom stereocenters. The maximum absolute atomic E-state index is 2.47. The van der Waals surface area contributed by atoms with Crippen molar-refractivity contribution in [3.63, 3.8) is 0 Å². The van der Waals surface area contributed by atoms with Crippen LogP contribution in [0.2, 0.25) is 0 Å². The van der Waals surface area contributed by atoms with Crippen molar-refractivity contribution in [3.05, 3.63) is 313 Å². The summed E-state index contributed by atoms with van der Waals surface area (Å²) in [6.07, 6.45) is 0. The van der Waals surface area contributed by atoms with Crippen molar-refractivity contribution < 1.29 is 0 Å². The van der Waals surface area contributed by atoms with Gasteiger partial charge in [-0.3, -0.25) is 0 Å². The minimum atomic E-state index is -0.530. The van der Waals surface area contributed by atoms with E-state index in [1.165, 1.54) is 97.6 Å². The Kier molecular flexibility index (Phi) is 10.3. The summed E-state index contributed by atoms with van der Waals surface area (Å²) in [5.41, 5.74) is 21.0. The van der Waals surface area contributed by atoms with E-state index in [4.69, 9.17) is 0 Å². The van der Waals surface area contributed by atoms with E-state index in [1.54, 1.807) is 0 Å². The molecule has 0 radical (unpaired) electrons. The molecule has 15 rings (SSSR count). The summed E-state index contributed by atoms with van der Waals surface area (Å²) < 4.78 is 5.04. The van der Waals surface area contributed by atoms with Gasteiger partial charge in [0.05, 0.1) is 22.1 Å². The predicted molar refractivity (Wildman–Crippen MR) is 322 cm³/mol. The van der Waals surface area contributed by atoms with Crippen LogP contribution in [0, 0.1) is 0 Å². The van der Waals surface area contributed by atoms with Gasteiger partial charge in [0.1, 0.15) is 0 Å². The lowest BCUT2D eigenvalue weighted by molar-refractivity contribution is 0.768. The van der Waals surface area contributed by atoms with Gasteiger partial charge in [0.2, 0.25) is 0 Å². The summed E-state index contributed by atoms with van der Waals surface area (Å²) in [4.78, 5) is 2.47. The van der Waals surface area contributed by atoms with Gasteiger partial charge in [-0.25, -0.2) is 0 Å². The maximum Gasteiger partial charge on any atom is 0.0714 e. The molecular weight excluding hydrogens is 937 g/mol. The van der Waals surface area contributed by atoms with Crippen LogP contribution in [0.25, 0.3) is 92.2 Å². The third-order valence-electron chi connectivity index (χ3n) is 15.9. The Morgan fingerprint density at radius 3 is 1.47 bits per heavy atom. The number of hydrogen-bond donors (Lipinski definition) is 0. The van der Waals surface area contributed by atoms with Gasteiger partial charge in [-0.1, -0.05) is 212 Å². The Morgan fingerprint density at radius 2 is 0.803 bits per heavy atom. The van der Waals surface area contributed by atoms with Gasteiger partial charge < -0.3 is 9.47 Å². The van der Waals surface area contributed by atoms with Crippen LogP contribution in [0.15, 0.2) is 291 Å². The second-order valence-corrected chi connectivity index (χ2v) is 21.1. The monoisotopic (exact) mass is 984 g/mol. The molecule has 0 aliphatic heterocycles. The SMILES string of the molecule is c1ccc(C2(c3ccccc3)c3ccccc3-c3c(N(c4ccc(-c5cccc(-c6ccc7sc8ccccc8c7c6)c5)cc4)c4ccc(-c5cccc(-n6c7ccccc7c7ccccc76)c5)cc4)cccc32)cc1. The van der Waals surface area contributed by atoms with Gasteiger partial charge in [0, 0.05) is 53.6 Å². The molecule has 0 bridgehead atoms. The summed E-state index contributed by atoms with van der Waals surface area (Å²) in [7, 11) is 0. The highest BCUT2D eigenvalue weighted by Crippen LogP contribution is 2.59. The van der Waals surface area contributed by atoms with E-state index in [-0.39, 0.29) is 0 Å². The Bertz CT molecular complexity index is 4420. The molecule has 14 aromatic rings. The second-order valence-electron chi connectivity index (χ2n) is 20.0. The van der Waals surface area contributed by atoms with Crippen molar-refractivity contribution in [2.24, 2.45) is 0 Å². The molecule has 12 aromatic carbocycles. The Morgan fingerprint density at radius 1 is 0.316 bits per heavy atom. The molecule has 0 fully saturated rings. The lowest BCUT2D eigenvalue weighted by Crippen LogP contribution is -2.28. The average Bonchev–Trinajstić information content (AvgIpc) is 4.19. The number of aromatic nitrogens is 1. The number of thiophene rings is 1. The van der Waals surface area contributed by atoms with Crippen LogP contribution < -0.4 is 4.90 Å². The number of para-hydroxylation sites is 2. The summed E-state index contributed by atoms with van der Waals surface area (Å²) in [6.45, 7) is 0. The predicted octanol–water partition coefficient (Wildman–Crippen LogP) is 20.0. The first-order valence-electron chi connectivity index (χ1n) is 26.1. The minimum absolute atomic E-state index is 0.530. The molecule has 0 amide bonds. The molecule has 3 heteroatoms. The van der Waals surface area contributed by atoms with E-state index in [0.29, 0.717) is 0 Å². The first kappa shape index (κ1) is 44.0. The molecule has 0 saturated carbocycles. The molecular formula is C73H48N2S. The molecule has 2 heterocycles. The van der Waals surface area contributed by atoms with Crippen molar-refractivity contribution in [1.82, 2.24) is 4.57 Å². The fourth-order valence-corrected chi connectivity index (χ4v) is 13.6. The third kappa shape index (κ3) is 6.94. The van der Waals surface area contributed by atoms with Crippen LogP contribution in [0.4, 0.5) is 17.1 Å². The molecule has 0 N–H and O–H groups in total. The number of fused-ring (bicyclic) bond motifs is 9. The largest absolute Gasteiger partial charge is 0.310 e. The number of benzene rings is 12. The molecule has 1 aliphatic carbocycles. The van der Waals surface area contributed by atoms with E-state index in [0.717, 1.165) is 33.9 Å². The van der Waals surface area contributed by atoms with Crippen molar-refractivity contribution in [3.8, 4) is 50.2 Å². The normalized spacial score (nSPS) is 12.6. The zero-order chi connectivity index (χ0) is 50.2. The van der Waals surface area contributed by atoms with E-state index < -0.39 is 5.41 Å². The van der Waals surface area contributed by atoms with Crippen LogP contribution in [0.1, 0.15) is 22.3 Å². The molecule has 2 aromatic heterocycles. The Labute approximate surface area is 446 Å². The van der Waals surface area contributed by atoms with Gasteiger partial charge in [-0.15, -0.1) is 11.3 Å². The van der Waals surface area contributed by atoms with Crippen LogP contribution in [-0.4, -0.2) is 4.57 Å². The number of anilines is 3. The summed E-state index contributed by atoms with van der Waals surface area (Å²) >= 11 is 1.86. The molecule has 0 spiro atoms. The molecule has 356 valence electrons.